The third-order valence-electron chi connectivity index (χ3n) is 5.36. The largest absolute Gasteiger partial charge is 0.341 e. The fraction of sp³-hybridized carbons (Fsp3) is 0.0417. The predicted octanol–water partition coefficient (Wildman–Crippen LogP) is 5.87. The smallest absolute Gasteiger partial charge is 0.274 e. The number of pyridine rings is 1. The molecule has 2 amide bonds. The Labute approximate surface area is 195 Å². The number of hydrogen-bond donors (Lipinski definition) is 2. The van der Waals surface area contributed by atoms with Gasteiger partial charge in [0.1, 0.15) is 11.5 Å². The van der Waals surface area contributed by atoms with Crippen LogP contribution >= 0.6 is 27.5 Å². The topological polar surface area (TPSA) is 71.1 Å². The van der Waals surface area contributed by atoms with Crippen LogP contribution in [0.5, 0.6) is 0 Å². The van der Waals surface area contributed by atoms with E-state index in [9.17, 15) is 14.0 Å². The molecule has 5 nitrogen and oxygen atoms in total. The molecule has 1 aromatic heterocycles. The SMILES string of the molecule is O=C1NC(c2cc(F)ccc2Cl)c2c(NC(=O)c3nccc4ccccc34)cc(Br)cc21. The third-order valence-corrected chi connectivity index (χ3v) is 6.16. The van der Waals surface area contributed by atoms with Crippen LogP contribution in [0, 0.1) is 5.82 Å². The Morgan fingerprint density at radius 2 is 1.94 bits per heavy atom. The van der Waals surface area contributed by atoms with Crippen LogP contribution in [0.2, 0.25) is 5.02 Å². The van der Waals surface area contributed by atoms with Gasteiger partial charge < -0.3 is 10.6 Å². The number of nitrogens with zero attached hydrogens (tertiary/aromatic N) is 1. The lowest BCUT2D eigenvalue weighted by Gasteiger charge is -2.18. The van der Waals surface area contributed by atoms with E-state index in [0.29, 0.717) is 37.3 Å². The highest BCUT2D eigenvalue weighted by Gasteiger charge is 2.34. The zero-order chi connectivity index (χ0) is 22.4. The van der Waals surface area contributed by atoms with Crippen molar-refractivity contribution in [2.24, 2.45) is 0 Å². The lowest BCUT2D eigenvalue weighted by molar-refractivity contribution is 0.0959. The third kappa shape index (κ3) is 3.53. The standard InChI is InChI=1S/C24H14BrClFN3O2/c25-13-9-17-20(21(30-23(17)31)16-11-14(27)5-6-18(16)26)19(10-13)29-24(32)22-15-4-2-1-3-12(15)7-8-28-22/h1-11,21H,(H,29,32)(H,30,31). The summed E-state index contributed by atoms with van der Waals surface area (Å²) in [5, 5.41) is 7.62. The molecule has 1 unspecified atom stereocenters. The van der Waals surface area contributed by atoms with Gasteiger partial charge in [0.05, 0.1) is 6.04 Å². The summed E-state index contributed by atoms with van der Waals surface area (Å²) in [5.41, 5.74) is 1.94. The maximum absolute atomic E-state index is 14.0. The summed E-state index contributed by atoms with van der Waals surface area (Å²) in [6.07, 6.45) is 1.57. The molecular weight excluding hydrogens is 497 g/mol. The lowest BCUT2D eigenvalue weighted by Crippen LogP contribution is -2.21. The normalized spacial score (nSPS) is 14.8. The number of halogens is 3. The van der Waals surface area contributed by atoms with Gasteiger partial charge >= 0.3 is 0 Å². The molecule has 3 aromatic carbocycles. The van der Waals surface area contributed by atoms with Crippen LogP contribution in [-0.4, -0.2) is 16.8 Å². The summed E-state index contributed by atoms with van der Waals surface area (Å²) in [6, 6.07) is 15.9. The van der Waals surface area contributed by atoms with E-state index in [1.54, 1.807) is 18.3 Å². The molecule has 5 rings (SSSR count). The van der Waals surface area contributed by atoms with Gasteiger partial charge in [-0.2, -0.15) is 0 Å². The molecule has 1 aliphatic rings. The van der Waals surface area contributed by atoms with Crippen LogP contribution in [0.1, 0.15) is 38.0 Å². The zero-order valence-corrected chi connectivity index (χ0v) is 18.7. The van der Waals surface area contributed by atoms with Gasteiger partial charge in [-0.15, -0.1) is 0 Å². The zero-order valence-electron chi connectivity index (χ0n) is 16.3. The number of rotatable bonds is 3. The lowest BCUT2D eigenvalue weighted by atomic mass is 9.96. The average Bonchev–Trinajstić information content (AvgIpc) is 3.11. The molecule has 0 spiro atoms. The summed E-state index contributed by atoms with van der Waals surface area (Å²) in [5.74, 6) is -1.24. The van der Waals surface area contributed by atoms with E-state index in [1.807, 2.05) is 30.3 Å². The number of amides is 2. The van der Waals surface area contributed by atoms with E-state index < -0.39 is 17.8 Å². The minimum absolute atomic E-state index is 0.259. The molecule has 2 heterocycles. The first-order valence-corrected chi connectivity index (χ1v) is 10.8. The molecule has 4 aromatic rings. The number of carbonyl (C=O) groups excluding carboxylic acids is 2. The maximum Gasteiger partial charge on any atom is 0.274 e. The van der Waals surface area contributed by atoms with E-state index in [-0.39, 0.29) is 11.6 Å². The number of fused-ring (bicyclic) bond motifs is 2. The first-order chi connectivity index (χ1) is 15.4. The number of anilines is 1. The summed E-state index contributed by atoms with van der Waals surface area (Å²) in [4.78, 5) is 30.2. The molecule has 1 atom stereocenters. The predicted molar refractivity (Wildman–Crippen MR) is 125 cm³/mol. The summed E-state index contributed by atoms with van der Waals surface area (Å²) >= 11 is 9.71. The maximum atomic E-state index is 14.0. The van der Waals surface area contributed by atoms with Gasteiger partial charge in [0, 0.05) is 43.5 Å². The molecule has 32 heavy (non-hydrogen) atoms. The number of nitrogens with one attached hydrogen (secondary N) is 2. The van der Waals surface area contributed by atoms with E-state index >= 15 is 0 Å². The Balaban J connectivity index is 1.62. The second kappa shape index (κ2) is 8.00. The van der Waals surface area contributed by atoms with Crippen molar-refractivity contribution in [1.82, 2.24) is 10.3 Å². The van der Waals surface area contributed by atoms with Gasteiger partial charge in [0.2, 0.25) is 0 Å². The Bertz CT molecular complexity index is 1420. The molecule has 8 heteroatoms. The quantitative estimate of drug-likeness (QED) is 0.362. The van der Waals surface area contributed by atoms with Crippen molar-refractivity contribution in [1.29, 1.82) is 0 Å². The van der Waals surface area contributed by atoms with Crippen LogP contribution in [0.3, 0.4) is 0 Å². The highest BCUT2D eigenvalue weighted by atomic mass is 79.9. The van der Waals surface area contributed by atoms with E-state index in [4.69, 9.17) is 11.6 Å². The Morgan fingerprint density at radius 1 is 1.12 bits per heavy atom. The summed E-state index contributed by atoms with van der Waals surface area (Å²) in [7, 11) is 0. The number of benzene rings is 3. The van der Waals surface area contributed by atoms with E-state index in [0.717, 1.165) is 5.39 Å². The molecule has 0 radical (unpaired) electrons. The van der Waals surface area contributed by atoms with Gasteiger partial charge in [-0.1, -0.05) is 51.8 Å². The Morgan fingerprint density at radius 3 is 2.78 bits per heavy atom. The van der Waals surface area contributed by atoms with Crippen LogP contribution in [0.25, 0.3) is 10.8 Å². The van der Waals surface area contributed by atoms with Crippen LogP contribution < -0.4 is 10.6 Å². The van der Waals surface area contributed by atoms with E-state index in [2.05, 4.69) is 31.5 Å². The van der Waals surface area contributed by atoms with Gasteiger partial charge in [-0.3, -0.25) is 14.6 Å². The molecule has 0 fully saturated rings. The Hall–Kier alpha value is -3.29. The Kier molecular flexibility index (Phi) is 5.15. The fourth-order valence-corrected chi connectivity index (χ4v) is 4.64. The van der Waals surface area contributed by atoms with Crippen molar-refractivity contribution in [3.8, 4) is 0 Å². The molecule has 0 saturated heterocycles. The second-order valence-electron chi connectivity index (χ2n) is 7.32. The van der Waals surface area contributed by atoms with Gasteiger partial charge in [-0.25, -0.2) is 4.39 Å². The van der Waals surface area contributed by atoms with Crippen LogP contribution in [0.4, 0.5) is 10.1 Å². The molecule has 1 aliphatic heterocycles. The fourth-order valence-electron chi connectivity index (χ4n) is 3.95. The van der Waals surface area contributed by atoms with Crippen molar-refractivity contribution < 1.29 is 14.0 Å². The van der Waals surface area contributed by atoms with E-state index in [1.165, 1.54) is 18.2 Å². The summed E-state index contributed by atoms with van der Waals surface area (Å²) in [6.45, 7) is 0. The first-order valence-electron chi connectivity index (χ1n) is 9.67. The second-order valence-corrected chi connectivity index (χ2v) is 8.64. The van der Waals surface area contributed by atoms with Gasteiger partial charge in [-0.05, 0) is 41.8 Å². The monoisotopic (exact) mass is 509 g/mol. The van der Waals surface area contributed by atoms with Gasteiger partial charge in [0.25, 0.3) is 11.8 Å². The highest BCUT2D eigenvalue weighted by molar-refractivity contribution is 9.10. The minimum Gasteiger partial charge on any atom is -0.341 e. The minimum atomic E-state index is -0.718. The van der Waals surface area contributed by atoms with Crippen molar-refractivity contribution in [3.05, 3.63) is 105 Å². The van der Waals surface area contributed by atoms with Gasteiger partial charge in [0.15, 0.2) is 0 Å². The van der Waals surface area contributed by atoms with Crippen molar-refractivity contribution in [2.75, 3.05) is 5.32 Å². The van der Waals surface area contributed by atoms with Crippen LogP contribution in [-0.2, 0) is 0 Å². The molecular formula is C24H14BrClFN3O2. The number of carbonyl (C=O) groups is 2. The summed E-state index contributed by atoms with van der Waals surface area (Å²) < 4.78 is 14.6. The average molecular weight is 511 g/mol. The van der Waals surface area contributed by atoms with Crippen molar-refractivity contribution in [3.63, 3.8) is 0 Å². The highest BCUT2D eigenvalue weighted by Crippen LogP contribution is 2.41. The molecule has 0 saturated carbocycles. The first kappa shape index (κ1) is 20.6. The number of aromatic nitrogens is 1. The molecule has 0 aliphatic carbocycles. The molecule has 2 N–H and O–H groups in total. The number of hydrogen-bond acceptors (Lipinski definition) is 3. The molecule has 158 valence electrons. The van der Waals surface area contributed by atoms with Crippen LogP contribution in [0.15, 0.2) is 71.3 Å². The molecule has 0 bridgehead atoms. The van der Waals surface area contributed by atoms with Crippen molar-refractivity contribution >= 4 is 55.8 Å². The van der Waals surface area contributed by atoms with Crippen molar-refractivity contribution in [2.45, 2.75) is 6.04 Å².